The van der Waals surface area contributed by atoms with Crippen molar-refractivity contribution in [3.8, 4) is 5.75 Å². The number of carbonyl (C=O) groups is 1. The molecule has 2 aromatic heterocycles. The Morgan fingerprint density at radius 1 is 1.32 bits per heavy atom. The summed E-state index contributed by atoms with van der Waals surface area (Å²) in [6, 6.07) is 6.05. The fourth-order valence-corrected chi connectivity index (χ4v) is 3.51. The zero-order valence-electron chi connectivity index (χ0n) is 14.4. The summed E-state index contributed by atoms with van der Waals surface area (Å²) < 4.78 is 7.22. The summed E-state index contributed by atoms with van der Waals surface area (Å²) in [5.74, 6) is 1.19. The molecule has 25 heavy (non-hydrogen) atoms. The number of nitrogens with zero attached hydrogens (tertiary/aromatic N) is 3. The van der Waals surface area contributed by atoms with Gasteiger partial charge in [0.25, 0.3) is 5.91 Å². The summed E-state index contributed by atoms with van der Waals surface area (Å²) in [5.41, 5.74) is 4.90. The lowest BCUT2D eigenvalue weighted by Crippen LogP contribution is -2.25. The number of rotatable bonds is 4. The summed E-state index contributed by atoms with van der Waals surface area (Å²) in [6.07, 6.45) is 6.85. The van der Waals surface area contributed by atoms with Crippen LogP contribution < -0.4 is 10.1 Å². The molecule has 2 heterocycles. The van der Waals surface area contributed by atoms with E-state index in [9.17, 15) is 4.79 Å². The summed E-state index contributed by atoms with van der Waals surface area (Å²) in [5, 5.41) is 2.99. The Bertz CT molecular complexity index is 961. The number of imidazole rings is 1. The van der Waals surface area contributed by atoms with Crippen LogP contribution >= 0.6 is 0 Å². The Kier molecular flexibility index (Phi) is 3.87. The van der Waals surface area contributed by atoms with Crippen LogP contribution in [-0.2, 0) is 19.4 Å². The fourth-order valence-electron chi connectivity index (χ4n) is 3.51. The van der Waals surface area contributed by atoms with Crippen molar-refractivity contribution in [2.75, 3.05) is 7.11 Å². The third-order valence-corrected chi connectivity index (χ3v) is 4.73. The first kappa shape index (κ1) is 15.6. The molecule has 0 bridgehead atoms. The predicted octanol–water partition coefficient (Wildman–Crippen LogP) is 2.47. The monoisotopic (exact) mass is 336 g/mol. The van der Waals surface area contributed by atoms with Crippen molar-refractivity contribution in [2.24, 2.45) is 0 Å². The number of fused-ring (bicyclic) bond motifs is 2. The molecule has 1 N–H and O–H groups in total. The van der Waals surface area contributed by atoms with Gasteiger partial charge in [0.15, 0.2) is 0 Å². The highest BCUT2D eigenvalue weighted by molar-refractivity contribution is 5.94. The van der Waals surface area contributed by atoms with Gasteiger partial charge in [-0.15, -0.1) is 0 Å². The van der Waals surface area contributed by atoms with Crippen LogP contribution in [0.5, 0.6) is 5.75 Å². The lowest BCUT2D eigenvalue weighted by atomic mass is 10.0. The number of amides is 1. The van der Waals surface area contributed by atoms with E-state index >= 15 is 0 Å². The normalized spacial score (nSPS) is 13.0. The van der Waals surface area contributed by atoms with E-state index in [0.717, 1.165) is 24.2 Å². The first-order chi connectivity index (χ1) is 12.2. The highest BCUT2D eigenvalue weighted by Gasteiger charge is 2.19. The molecule has 6 heteroatoms. The van der Waals surface area contributed by atoms with Gasteiger partial charge in [-0.25, -0.2) is 9.97 Å². The highest BCUT2D eigenvalue weighted by atomic mass is 16.5. The molecular weight excluding hydrogens is 316 g/mol. The van der Waals surface area contributed by atoms with Crippen molar-refractivity contribution in [1.82, 2.24) is 19.7 Å². The van der Waals surface area contributed by atoms with Crippen LogP contribution in [0.2, 0.25) is 0 Å². The largest absolute Gasteiger partial charge is 0.496 e. The van der Waals surface area contributed by atoms with E-state index in [1.54, 1.807) is 30.0 Å². The third-order valence-electron chi connectivity index (χ3n) is 4.73. The second-order valence-electron chi connectivity index (χ2n) is 6.30. The van der Waals surface area contributed by atoms with E-state index in [-0.39, 0.29) is 5.91 Å². The molecule has 0 spiro atoms. The molecule has 0 saturated heterocycles. The molecular formula is C19H20N4O2. The fraction of sp³-hybridized carbons (Fsp3) is 0.316. The minimum atomic E-state index is -0.166. The summed E-state index contributed by atoms with van der Waals surface area (Å²) in [4.78, 5) is 21.2. The number of methoxy groups -OCH3 is 1. The van der Waals surface area contributed by atoms with Gasteiger partial charge < -0.3 is 10.1 Å². The molecule has 6 nitrogen and oxygen atoms in total. The van der Waals surface area contributed by atoms with Crippen LogP contribution in [0.15, 0.2) is 30.6 Å². The minimum absolute atomic E-state index is 0.166. The number of hydrogen-bond donors (Lipinski definition) is 1. The number of aromatic nitrogens is 3. The molecule has 1 amide bonds. The Labute approximate surface area is 145 Å². The van der Waals surface area contributed by atoms with Gasteiger partial charge in [-0.1, -0.05) is 6.07 Å². The number of hydrogen-bond acceptors (Lipinski definition) is 4. The zero-order chi connectivity index (χ0) is 17.4. The van der Waals surface area contributed by atoms with Gasteiger partial charge in [0.2, 0.25) is 5.78 Å². The average molecular weight is 336 g/mol. The smallest absolute Gasteiger partial charge is 0.270 e. The lowest BCUT2D eigenvalue weighted by molar-refractivity contribution is 0.0944. The number of ether oxygens (including phenoxy) is 1. The molecule has 128 valence electrons. The van der Waals surface area contributed by atoms with E-state index in [1.165, 1.54) is 17.5 Å². The van der Waals surface area contributed by atoms with Crippen LogP contribution in [-0.4, -0.2) is 27.4 Å². The van der Waals surface area contributed by atoms with Gasteiger partial charge in [0.1, 0.15) is 11.4 Å². The van der Waals surface area contributed by atoms with Gasteiger partial charge >= 0.3 is 0 Å². The maximum absolute atomic E-state index is 12.7. The molecule has 1 aliphatic rings. The molecule has 1 aromatic carbocycles. The quantitative estimate of drug-likeness (QED) is 0.795. The molecule has 0 unspecified atom stereocenters. The third kappa shape index (κ3) is 2.73. The molecule has 3 aromatic rings. The highest BCUT2D eigenvalue weighted by Crippen LogP contribution is 2.29. The van der Waals surface area contributed by atoms with Crippen molar-refractivity contribution in [3.05, 3.63) is 58.7 Å². The van der Waals surface area contributed by atoms with Crippen molar-refractivity contribution in [2.45, 2.75) is 32.7 Å². The summed E-state index contributed by atoms with van der Waals surface area (Å²) in [6.45, 7) is 2.24. The number of benzene rings is 1. The van der Waals surface area contributed by atoms with E-state index in [4.69, 9.17) is 4.74 Å². The first-order valence-corrected chi connectivity index (χ1v) is 8.44. The first-order valence-electron chi connectivity index (χ1n) is 8.44. The van der Waals surface area contributed by atoms with Crippen LogP contribution in [0.25, 0.3) is 5.78 Å². The van der Waals surface area contributed by atoms with Crippen LogP contribution in [0.3, 0.4) is 0 Å². The van der Waals surface area contributed by atoms with Gasteiger partial charge in [-0.05, 0) is 49.4 Å². The van der Waals surface area contributed by atoms with Gasteiger partial charge in [0.05, 0.1) is 12.8 Å². The van der Waals surface area contributed by atoms with Crippen molar-refractivity contribution >= 4 is 11.7 Å². The standard InChI is InChI=1S/C19H20N4O2/c1-12-17(23-8-4-7-20-19(23)22-12)18(24)21-11-15-9-13-5-3-6-14(13)10-16(15)25-2/h4,7-10H,3,5-6,11H2,1-2H3,(H,21,24). The number of nitrogens with one attached hydrogen (secondary N) is 1. The average Bonchev–Trinajstić information content (AvgIpc) is 3.21. The topological polar surface area (TPSA) is 68.5 Å². The number of aryl methyl sites for hydroxylation is 3. The Morgan fingerprint density at radius 2 is 2.12 bits per heavy atom. The van der Waals surface area contributed by atoms with Gasteiger partial charge in [-0.3, -0.25) is 9.20 Å². The molecule has 0 radical (unpaired) electrons. The van der Waals surface area contributed by atoms with Crippen molar-refractivity contribution in [3.63, 3.8) is 0 Å². The van der Waals surface area contributed by atoms with E-state index in [1.807, 2.05) is 6.92 Å². The molecule has 0 atom stereocenters. The maximum atomic E-state index is 12.7. The maximum Gasteiger partial charge on any atom is 0.270 e. The second-order valence-corrected chi connectivity index (χ2v) is 6.30. The van der Waals surface area contributed by atoms with Gasteiger partial charge in [-0.2, -0.15) is 0 Å². The van der Waals surface area contributed by atoms with Crippen LogP contribution in [0.1, 0.15) is 39.3 Å². The zero-order valence-corrected chi connectivity index (χ0v) is 14.4. The summed E-state index contributed by atoms with van der Waals surface area (Å²) >= 11 is 0. The van der Waals surface area contributed by atoms with Gasteiger partial charge in [0, 0.05) is 24.5 Å². The predicted molar refractivity (Wildman–Crippen MR) is 93.9 cm³/mol. The molecule has 1 aliphatic carbocycles. The SMILES string of the molecule is COc1cc2c(cc1CNC(=O)c1c(C)nc3ncccn13)CCC2. The Balaban J connectivity index is 1.59. The molecule has 0 fully saturated rings. The number of carbonyl (C=O) groups excluding carboxylic acids is 1. The van der Waals surface area contributed by atoms with Crippen molar-refractivity contribution < 1.29 is 9.53 Å². The summed E-state index contributed by atoms with van der Waals surface area (Å²) in [7, 11) is 1.67. The molecule has 0 saturated carbocycles. The molecule has 0 aliphatic heterocycles. The van der Waals surface area contributed by atoms with E-state index in [2.05, 4.69) is 27.4 Å². The van der Waals surface area contributed by atoms with Crippen LogP contribution in [0, 0.1) is 6.92 Å². The Morgan fingerprint density at radius 3 is 2.92 bits per heavy atom. The second kappa shape index (κ2) is 6.20. The lowest BCUT2D eigenvalue weighted by Gasteiger charge is -2.12. The van der Waals surface area contributed by atoms with E-state index < -0.39 is 0 Å². The Hall–Kier alpha value is -2.89. The van der Waals surface area contributed by atoms with Crippen LogP contribution in [0.4, 0.5) is 0 Å². The molecule has 4 rings (SSSR count). The minimum Gasteiger partial charge on any atom is -0.496 e. The van der Waals surface area contributed by atoms with Crippen molar-refractivity contribution in [1.29, 1.82) is 0 Å². The van der Waals surface area contributed by atoms with E-state index in [0.29, 0.717) is 23.7 Å².